The Balaban J connectivity index is 2.54. The lowest BCUT2D eigenvalue weighted by atomic mass is 10.1. The van der Waals surface area contributed by atoms with Crippen molar-refractivity contribution in [3.8, 4) is 17.5 Å². The lowest BCUT2D eigenvalue weighted by molar-refractivity contribution is -0.139. The quantitative estimate of drug-likeness (QED) is 0.745. The second-order valence-electron chi connectivity index (χ2n) is 3.57. The lowest BCUT2D eigenvalue weighted by Gasteiger charge is -2.10. The van der Waals surface area contributed by atoms with Gasteiger partial charge in [-0.1, -0.05) is 6.07 Å². The van der Waals surface area contributed by atoms with Crippen LogP contribution >= 0.6 is 0 Å². The first-order valence-electron chi connectivity index (χ1n) is 5.01. The van der Waals surface area contributed by atoms with Crippen LogP contribution < -0.4 is 0 Å². The Hall–Kier alpha value is -2.49. The third-order valence-corrected chi connectivity index (χ3v) is 2.33. The molecule has 0 aliphatic heterocycles. The van der Waals surface area contributed by atoms with Gasteiger partial charge in [0.2, 0.25) is 0 Å². The van der Waals surface area contributed by atoms with Gasteiger partial charge in [-0.3, -0.25) is 0 Å². The van der Waals surface area contributed by atoms with Crippen LogP contribution in [0.4, 0.5) is 17.6 Å². The van der Waals surface area contributed by atoms with Crippen LogP contribution in [0.15, 0.2) is 30.6 Å². The Labute approximate surface area is 105 Å². The maximum Gasteiger partial charge on any atom is 0.419 e. The van der Waals surface area contributed by atoms with Crippen molar-refractivity contribution in [3.05, 3.63) is 47.5 Å². The van der Waals surface area contributed by atoms with Gasteiger partial charge in [0.15, 0.2) is 5.82 Å². The molecule has 1 heterocycles. The Morgan fingerprint density at radius 1 is 1.11 bits per heavy atom. The highest BCUT2D eigenvalue weighted by Gasteiger charge is 2.35. The molecule has 96 valence electrons. The van der Waals surface area contributed by atoms with E-state index < -0.39 is 17.6 Å². The first-order chi connectivity index (χ1) is 8.93. The molecule has 3 nitrogen and oxygen atoms in total. The molecular weight excluding hydrogens is 262 g/mol. The van der Waals surface area contributed by atoms with E-state index in [0.717, 1.165) is 24.5 Å². The second kappa shape index (κ2) is 4.65. The highest BCUT2D eigenvalue weighted by molar-refractivity contribution is 5.57. The van der Waals surface area contributed by atoms with Crippen molar-refractivity contribution in [1.29, 1.82) is 5.26 Å². The third-order valence-electron chi connectivity index (χ3n) is 2.33. The zero-order chi connectivity index (χ0) is 14.0. The average Bonchev–Trinajstić information content (AvgIpc) is 2.38. The summed E-state index contributed by atoms with van der Waals surface area (Å²) in [4.78, 5) is 7.33. The first kappa shape index (κ1) is 13.0. The number of rotatable bonds is 1. The van der Waals surface area contributed by atoms with Crippen LogP contribution in [0, 0.1) is 17.1 Å². The van der Waals surface area contributed by atoms with Crippen molar-refractivity contribution in [2.24, 2.45) is 0 Å². The van der Waals surface area contributed by atoms with E-state index in [4.69, 9.17) is 5.26 Å². The van der Waals surface area contributed by atoms with Crippen molar-refractivity contribution in [2.75, 3.05) is 0 Å². The van der Waals surface area contributed by atoms with Crippen LogP contribution in [0.2, 0.25) is 0 Å². The molecule has 7 heteroatoms. The van der Waals surface area contributed by atoms with Crippen LogP contribution in [-0.4, -0.2) is 9.97 Å². The molecule has 19 heavy (non-hydrogen) atoms. The van der Waals surface area contributed by atoms with Gasteiger partial charge in [0.25, 0.3) is 0 Å². The molecule has 0 N–H and O–H groups in total. The molecule has 2 rings (SSSR count). The predicted octanol–water partition coefficient (Wildman–Crippen LogP) is 3.17. The maximum atomic E-state index is 13.8. The topological polar surface area (TPSA) is 49.6 Å². The van der Waals surface area contributed by atoms with Gasteiger partial charge < -0.3 is 0 Å². The molecule has 0 spiro atoms. The monoisotopic (exact) mass is 267 g/mol. The Bertz CT molecular complexity index is 642. The molecule has 1 aromatic carbocycles. The van der Waals surface area contributed by atoms with Gasteiger partial charge in [-0.2, -0.15) is 18.4 Å². The van der Waals surface area contributed by atoms with Gasteiger partial charge >= 0.3 is 6.18 Å². The molecule has 0 aliphatic carbocycles. The van der Waals surface area contributed by atoms with E-state index >= 15 is 0 Å². The van der Waals surface area contributed by atoms with Crippen LogP contribution in [0.5, 0.6) is 0 Å². The smallest absolute Gasteiger partial charge is 0.235 e. The average molecular weight is 267 g/mol. The van der Waals surface area contributed by atoms with Crippen LogP contribution in [-0.2, 0) is 6.18 Å². The molecule has 0 bridgehead atoms. The number of nitriles is 1. The fraction of sp³-hybridized carbons (Fsp3) is 0.0833. The maximum absolute atomic E-state index is 13.8. The van der Waals surface area contributed by atoms with E-state index in [9.17, 15) is 17.6 Å². The standard InChI is InChI=1S/C12H5F4N3/c13-10-8(2-1-3-9(10)12(14,15)16)11-18-5-7(4-17)6-19-11/h1-3,5-6H. The van der Waals surface area contributed by atoms with Gasteiger partial charge in [0, 0.05) is 12.4 Å². The van der Waals surface area contributed by atoms with Gasteiger partial charge in [-0.25, -0.2) is 14.4 Å². The summed E-state index contributed by atoms with van der Waals surface area (Å²) in [5.41, 5.74) is -1.60. The molecule has 2 aromatic rings. The van der Waals surface area contributed by atoms with E-state index in [1.807, 2.05) is 0 Å². The van der Waals surface area contributed by atoms with Gasteiger partial charge in [-0.15, -0.1) is 0 Å². The molecule has 0 fully saturated rings. The Kier molecular flexibility index (Phi) is 3.17. The molecule has 0 unspecified atom stereocenters. The van der Waals surface area contributed by atoms with Crippen LogP contribution in [0.25, 0.3) is 11.4 Å². The molecular formula is C12H5F4N3. The molecule has 0 atom stereocenters. The first-order valence-corrected chi connectivity index (χ1v) is 5.01. The van der Waals surface area contributed by atoms with Gasteiger partial charge in [-0.05, 0) is 12.1 Å². The van der Waals surface area contributed by atoms with Crippen molar-refractivity contribution in [2.45, 2.75) is 6.18 Å². The molecule has 0 radical (unpaired) electrons. The van der Waals surface area contributed by atoms with E-state index in [2.05, 4.69) is 9.97 Å². The summed E-state index contributed by atoms with van der Waals surface area (Å²) < 4.78 is 51.4. The van der Waals surface area contributed by atoms with Crippen molar-refractivity contribution in [1.82, 2.24) is 9.97 Å². The van der Waals surface area contributed by atoms with Crippen molar-refractivity contribution in [3.63, 3.8) is 0 Å². The van der Waals surface area contributed by atoms with E-state index in [-0.39, 0.29) is 17.0 Å². The molecule has 0 amide bonds. The number of alkyl halides is 3. The van der Waals surface area contributed by atoms with Crippen LogP contribution in [0.1, 0.15) is 11.1 Å². The van der Waals surface area contributed by atoms with E-state index in [1.54, 1.807) is 6.07 Å². The zero-order valence-corrected chi connectivity index (χ0v) is 9.24. The summed E-state index contributed by atoms with van der Waals surface area (Å²) in [6, 6.07) is 4.62. The third kappa shape index (κ3) is 2.52. The van der Waals surface area contributed by atoms with Gasteiger partial charge in [0.05, 0.1) is 16.7 Å². The molecule has 1 aromatic heterocycles. The Morgan fingerprint density at radius 2 is 1.74 bits per heavy atom. The van der Waals surface area contributed by atoms with Crippen molar-refractivity contribution >= 4 is 0 Å². The molecule has 0 saturated heterocycles. The summed E-state index contributed by atoms with van der Waals surface area (Å²) in [6.07, 6.45) is -2.56. The summed E-state index contributed by atoms with van der Waals surface area (Å²) in [7, 11) is 0. The number of halogens is 4. The number of hydrogen-bond acceptors (Lipinski definition) is 3. The van der Waals surface area contributed by atoms with Gasteiger partial charge in [0.1, 0.15) is 11.9 Å². The summed E-state index contributed by atoms with van der Waals surface area (Å²) in [5.74, 6) is -1.64. The van der Waals surface area contributed by atoms with E-state index in [0.29, 0.717) is 6.07 Å². The number of benzene rings is 1. The minimum Gasteiger partial charge on any atom is -0.235 e. The summed E-state index contributed by atoms with van der Waals surface area (Å²) in [6.45, 7) is 0. The Morgan fingerprint density at radius 3 is 2.26 bits per heavy atom. The fourth-order valence-electron chi connectivity index (χ4n) is 1.45. The normalized spacial score (nSPS) is 11.1. The largest absolute Gasteiger partial charge is 0.419 e. The summed E-state index contributed by atoms with van der Waals surface area (Å²) in [5, 5.41) is 8.55. The van der Waals surface area contributed by atoms with Crippen molar-refractivity contribution < 1.29 is 17.6 Å². The lowest BCUT2D eigenvalue weighted by Crippen LogP contribution is -2.09. The summed E-state index contributed by atoms with van der Waals surface area (Å²) >= 11 is 0. The van der Waals surface area contributed by atoms with Crippen LogP contribution in [0.3, 0.4) is 0 Å². The minimum absolute atomic E-state index is 0.135. The SMILES string of the molecule is N#Cc1cnc(-c2cccc(C(F)(F)F)c2F)nc1. The predicted molar refractivity (Wildman–Crippen MR) is 57.1 cm³/mol. The number of hydrogen-bond donors (Lipinski definition) is 0. The number of nitrogens with zero attached hydrogens (tertiary/aromatic N) is 3. The second-order valence-corrected chi connectivity index (χ2v) is 3.57. The highest BCUT2D eigenvalue weighted by atomic mass is 19.4. The van der Waals surface area contributed by atoms with E-state index in [1.165, 1.54) is 0 Å². The molecule has 0 saturated carbocycles. The highest BCUT2D eigenvalue weighted by Crippen LogP contribution is 2.34. The molecule has 0 aliphatic rings. The fourth-order valence-corrected chi connectivity index (χ4v) is 1.45. The number of aromatic nitrogens is 2. The zero-order valence-electron chi connectivity index (χ0n) is 9.24. The minimum atomic E-state index is -4.79.